The summed E-state index contributed by atoms with van der Waals surface area (Å²) in [6, 6.07) is 8.48. The Labute approximate surface area is 88.1 Å². The van der Waals surface area contributed by atoms with E-state index in [0.29, 0.717) is 0 Å². The Hall–Kier alpha value is -0.820. The van der Waals surface area contributed by atoms with Crippen LogP contribution in [0.2, 0.25) is 0 Å². The highest BCUT2D eigenvalue weighted by atomic mass is 16.5. The molecule has 0 spiro atoms. The molecule has 0 bridgehead atoms. The molecule has 0 heterocycles. The van der Waals surface area contributed by atoms with Crippen LogP contribution in [-0.4, -0.2) is 12.7 Å². The summed E-state index contributed by atoms with van der Waals surface area (Å²) in [5.41, 5.74) is 2.70. The van der Waals surface area contributed by atoms with Crippen LogP contribution in [0.3, 0.4) is 0 Å². The van der Waals surface area contributed by atoms with Crippen molar-refractivity contribution in [1.82, 2.24) is 0 Å². The van der Waals surface area contributed by atoms with Crippen molar-refractivity contribution in [2.45, 2.75) is 40.2 Å². The number of ether oxygens (including phenoxy) is 1. The Morgan fingerprint density at radius 3 is 1.21 bits per heavy atom. The number of hydrogen-bond donors (Lipinski definition) is 0. The molecule has 0 amide bonds. The third-order valence-electron chi connectivity index (χ3n) is 1.83. The lowest BCUT2D eigenvalue weighted by molar-refractivity contribution is 0.0397. The van der Waals surface area contributed by atoms with Crippen molar-refractivity contribution in [3.63, 3.8) is 0 Å². The zero-order valence-corrected chi connectivity index (χ0v) is 10.2. The van der Waals surface area contributed by atoms with Gasteiger partial charge in [-0.2, -0.15) is 0 Å². The number of hydrogen-bond acceptors (Lipinski definition) is 1. The molecule has 0 atom stereocenters. The maximum absolute atomic E-state index is 4.94. The van der Waals surface area contributed by atoms with Crippen molar-refractivity contribution in [1.29, 1.82) is 0 Å². The van der Waals surface area contributed by atoms with E-state index in [4.69, 9.17) is 4.74 Å². The SMILES string of the molecule is COC(C)(C)C.Cc1ccc(C)cc1. The first-order valence-corrected chi connectivity index (χ1v) is 4.93. The standard InChI is InChI=1S/C8H10.C5H12O/c1-7-3-5-8(2)6-4-7;1-5(2,3)6-4/h3-6H,1-2H3;1-4H3. The lowest BCUT2D eigenvalue weighted by atomic mass is 10.2. The Kier molecular flexibility index (Phi) is 5.47. The molecule has 80 valence electrons. The summed E-state index contributed by atoms with van der Waals surface area (Å²) in [5, 5.41) is 0. The van der Waals surface area contributed by atoms with E-state index in [-0.39, 0.29) is 5.60 Å². The van der Waals surface area contributed by atoms with Gasteiger partial charge >= 0.3 is 0 Å². The van der Waals surface area contributed by atoms with Crippen molar-refractivity contribution >= 4 is 0 Å². The minimum Gasteiger partial charge on any atom is -0.379 e. The monoisotopic (exact) mass is 194 g/mol. The van der Waals surface area contributed by atoms with Gasteiger partial charge in [0.15, 0.2) is 0 Å². The van der Waals surface area contributed by atoms with Crippen LogP contribution in [0.4, 0.5) is 0 Å². The summed E-state index contributed by atoms with van der Waals surface area (Å²) < 4.78 is 4.94. The van der Waals surface area contributed by atoms with Crippen molar-refractivity contribution in [2.24, 2.45) is 0 Å². The average molecular weight is 194 g/mol. The molecular weight excluding hydrogens is 172 g/mol. The van der Waals surface area contributed by atoms with Crippen molar-refractivity contribution in [3.05, 3.63) is 35.4 Å². The first-order valence-electron chi connectivity index (χ1n) is 4.93. The summed E-state index contributed by atoms with van der Waals surface area (Å²) >= 11 is 0. The lowest BCUT2D eigenvalue weighted by Gasteiger charge is -2.14. The molecule has 1 aromatic carbocycles. The largest absolute Gasteiger partial charge is 0.379 e. The van der Waals surface area contributed by atoms with E-state index >= 15 is 0 Å². The molecule has 0 radical (unpaired) electrons. The van der Waals surface area contributed by atoms with Crippen molar-refractivity contribution < 1.29 is 4.74 Å². The molecule has 14 heavy (non-hydrogen) atoms. The Morgan fingerprint density at radius 2 is 1.07 bits per heavy atom. The second-order valence-electron chi connectivity index (χ2n) is 4.47. The Balaban J connectivity index is 0.000000255. The maximum atomic E-state index is 4.94. The second-order valence-corrected chi connectivity index (χ2v) is 4.47. The third kappa shape index (κ3) is 7.81. The van der Waals surface area contributed by atoms with Gasteiger partial charge in [0.2, 0.25) is 0 Å². The molecule has 0 unspecified atom stereocenters. The first-order chi connectivity index (χ1) is 6.35. The lowest BCUT2D eigenvalue weighted by Crippen LogP contribution is -2.15. The smallest absolute Gasteiger partial charge is 0.0594 e. The van der Waals surface area contributed by atoms with Crippen LogP contribution in [0.25, 0.3) is 0 Å². The fourth-order valence-electron chi connectivity index (χ4n) is 0.637. The van der Waals surface area contributed by atoms with Gasteiger partial charge < -0.3 is 4.74 Å². The molecule has 0 saturated carbocycles. The van der Waals surface area contributed by atoms with E-state index in [1.165, 1.54) is 11.1 Å². The molecule has 0 aliphatic heterocycles. The third-order valence-corrected chi connectivity index (χ3v) is 1.83. The van der Waals surface area contributed by atoms with Gasteiger partial charge in [-0.15, -0.1) is 0 Å². The van der Waals surface area contributed by atoms with Gasteiger partial charge in [-0.3, -0.25) is 0 Å². The van der Waals surface area contributed by atoms with Gasteiger partial charge in [0.25, 0.3) is 0 Å². The van der Waals surface area contributed by atoms with Gasteiger partial charge in [-0.05, 0) is 34.6 Å². The van der Waals surface area contributed by atoms with Crippen LogP contribution in [-0.2, 0) is 4.74 Å². The molecule has 1 rings (SSSR count). The summed E-state index contributed by atoms with van der Waals surface area (Å²) in [7, 11) is 1.71. The van der Waals surface area contributed by atoms with Gasteiger partial charge in [0, 0.05) is 7.11 Å². The topological polar surface area (TPSA) is 9.23 Å². The van der Waals surface area contributed by atoms with E-state index in [1.807, 2.05) is 20.8 Å². The molecule has 1 aromatic rings. The van der Waals surface area contributed by atoms with Gasteiger partial charge in [0.1, 0.15) is 0 Å². The fraction of sp³-hybridized carbons (Fsp3) is 0.538. The molecule has 0 N–H and O–H groups in total. The maximum Gasteiger partial charge on any atom is 0.0594 e. The summed E-state index contributed by atoms with van der Waals surface area (Å²) in [4.78, 5) is 0. The number of aryl methyl sites for hydroxylation is 2. The van der Waals surface area contributed by atoms with Crippen LogP contribution in [0, 0.1) is 13.8 Å². The predicted molar refractivity (Wildman–Crippen MR) is 62.7 cm³/mol. The summed E-state index contributed by atoms with van der Waals surface area (Å²) in [6.45, 7) is 10.3. The van der Waals surface area contributed by atoms with Crippen LogP contribution in [0.1, 0.15) is 31.9 Å². The quantitative estimate of drug-likeness (QED) is 0.611. The van der Waals surface area contributed by atoms with Gasteiger partial charge in [-0.1, -0.05) is 35.4 Å². The van der Waals surface area contributed by atoms with E-state index < -0.39 is 0 Å². The van der Waals surface area contributed by atoms with Crippen LogP contribution >= 0.6 is 0 Å². The van der Waals surface area contributed by atoms with Gasteiger partial charge in [-0.25, -0.2) is 0 Å². The predicted octanol–water partition coefficient (Wildman–Crippen LogP) is 3.73. The molecule has 0 aliphatic carbocycles. The first kappa shape index (κ1) is 13.2. The molecule has 0 saturated heterocycles. The summed E-state index contributed by atoms with van der Waals surface area (Å²) in [6.07, 6.45) is 0. The highest BCUT2D eigenvalue weighted by molar-refractivity contribution is 5.19. The molecule has 1 nitrogen and oxygen atoms in total. The molecule has 1 heteroatoms. The minimum absolute atomic E-state index is 0.0417. The second kappa shape index (κ2) is 5.82. The van der Waals surface area contributed by atoms with E-state index in [2.05, 4.69) is 38.1 Å². The number of rotatable bonds is 0. The van der Waals surface area contributed by atoms with E-state index in [0.717, 1.165) is 0 Å². The van der Waals surface area contributed by atoms with Crippen LogP contribution in [0.5, 0.6) is 0 Å². The number of benzene rings is 1. The fourth-order valence-corrected chi connectivity index (χ4v) is 0.637. The average Bonchev–Trinajstić information content (AvgIpc) is 2.10. The molecule has 0 aliphatic rings. The van der Waals surface area contributed by atoms with Crippen molar-refractivity contribution in [2.75, 3.05) is 7.11 Å². The van der Waals surface area contributed by atoms with Crippen LogP contribution in [0.15, 0.2) is 24.3 Å². The molecular formula is C13H22O. The van der Waals surface area contributed by atoms with E-state index in [9.17, 15) is 0 Å². The zero-order valence-electron chi connectivity index (χ0n) is 10.2. The highest BCUT2D eigenvalue weighted by Crippen LogP contribution is 2.02. The number of methoxy groups -OCH3 is 1. The van der Waals surface area contributed by atoms with E-state index in [1.54, 1.807) is 7.11 Å². The normalized spacial score (nSPS) is 10.4. The van der Waals surface area contributed by atoms with Gasteiger partial charge in [0.05, 0.1) is 5.60 Å². The highest BCUT2D eigenvalue weighted by Gasteiger charge is 2.03. The Morgan fingerprint density at radius 1 is 0.857 bits per heavy atom. The molecule has 0 fully saturated rings. The summed E-state index contributed by atoms with van der Waals surface area (Å²) in [5.74, 6) is 0. The zero-order chi connectivity index (χ0) is 11.2. The molecule has 0 aromatic heterocycles. The minimum atomic E-state index is 0.0417. The Bertz CT molecular complexity index is 220. The van der Waals surface area contributed by atoms with Crippen LogP contribution < -0.4 is 0 Å². The van der Waals surface area contributed by atoms with Crippen molar-refractivity contribution in [3.8, 4) is 0 Å².